The van der Waals surface area contributed by atoms with Crippen molar-refractivity contribution in [3.63, 3.8) is 0 Å². The molecule has 2 N–H and O–H groups in total. The van der Waals surface area contributed by atoms with Gasteiger partial charge in [-0.15, -0.1) is 0 Å². The van der Waals surface area contributed by atoms with Crippen LogP contribution in [0, 0.1) is 0 Å². The molecule has 0 fully saturated rings. The molecule has 142 valence electrons. The van der Waals surface area contributed by atoms with Gasteiger partial charge in [0.25, 0.3) is 0 Å². The van der Waals surface area contributed by atoms with Gasteiger partial charge in [-0.2, -0.15) is 5.10 Å². The van der Waals surface area contributed by atoms with Crippen LogP contribution in [0.3, 0.4) is 0 Å². The Hall–Kier alpha value is -3.09. The van der Waals surface area contributed by atoms with Crippen LogP contribution in [-0.2, 0) is 18.5 Å². The molecule has 3 aromatic rings. The number of hydrogen-bond donors (Lipinski definition) is 2. The van der Waals surface area contributed by atoms with Crippen LogP contribution >= 0.6 is 0 Å². The van der Waals surface area contributed by atoms with Crippen LogP contribution in [0.1, 0.15) is 38.1 Å². The zero-order chi connectivity index (χ0) is 19.3. The summed E-state index contributed by atoms with van der Waals surface area (Å²) in [4.78, 5) is 8.55. The summed E-state index contributed by atoms with van der Waals surface area (Å²) in [6.45, 7) is 7.33. The maximum atomic E-state index is 5.79. The van der Waals surface area contributed by atoms with Gasteiger partial charge >= 0.3 is 0 Å². The summed E-state index contributed by atoms with van der Waals surface area (Å²) in [6, 6.07) is 12.0. The first kappa shape index (κ1) is 18.7. The highest BCUT2D eigenvalue weighted by molar-refractivity contribution is 5.79. The summed E-state index contributed by atoms with van der Waals surface area (Å²) in [5.74, 6) is 2.17. The Morgan fingerprint density at radius 1 is 1.11 bits per heavy atom. The second-order valence-electron chi connectivity index (χ2n) is 7.23. The number of guanidine groups is 1. The van der Waals surface area contributed by atoms with Crippen molar-refractivity contribution in [1.29, 1.82) is 0 Å². The largest absolute Gasteiger partial charge is 0.443 e. The first-order valence-electron chi connectivity index (χ1n) is 8.95. The van der Waals surface area contributed by atoms with E-state index in [1.165, 1.54) is 0 Å². The Morgan fingerprint density at radius 2 is 1.85 bits per heavy atom. The quantitative estimate of drug-likeness (QED) is 0.536. The predicted molar refractivity (Wildman–Crippen MR) is 106 cm³/mol. The van der Waals surface area contributed by atoms with Gasteiger partial charge in [0.05, 0.1) is 30.7 Å². The molecule has 0 atom stereocenters. The highest BCUT2D eigenvalue weighted by atomic mass is 16.4. The van der Waals surface area contributed by atoms with E-state index in [9.17, 15) is 0 Å². The van der Waals surface area contributed by atoms with Crippen molar-refractivity contribution in [2.45, 2.75) is 39.3 Å². The molecular formula is C20H26N6O. The van der Waals surface area contributed by atoms with Crippen LogP contribution in [0.4, 0.5) is 0 Å². The smallest absolute Gasteiger partial charge is 0.213 e. The Labute approximate surface area is 159 Å². The molecule has 0 aliphatic carbocycles. The fourth-order valence-corrected chi connectivity index (χ4v) is 2.47. The van der Waals surface area contributed by atoms with Crippen LogP contribution in [0.15, 0.2) is 58.2 Å². The third-order valence-corrected chi connectivity index (χ3v) is 4.03. The van der Waals surface area contributed by atoms with Gasteiger partial charge in [-0.3, -0.25) is 4.99 Å². The highest BCUT2D eigenvalue weighted by Gasteiger charge is 2.19. The fraction of sp³-hybridized carbons (Fsp3) is 0.350. The Morgan fingerprint density at radius 3 is 2.52 bits per heavy atom. The SMILES string of the molecule is CN=C(NCc1ccn(-c2ccccc2)n1)NCc1ncc(C(C)(C)C)o1. The van der Waals surface area contributed by atoms with Crippen LogP contribution < -0.4 is 10.6 Å². The molecule has 0 aliphatic heterocycles. The van der Waals surface area contributed by atoms with Gasteiger partial charge in [-0.05, 0) is 18.2 Å². The zero-order valence-corrected chi connectivity index (χ0v) is 16.2. The molecule has 2 heterocycles. The van der Waals surface area contributed by atoms with Crippen LogP contribution in [-0.4, -0.2) is 27.8 Å². The van der Waals surface area contributed by atoms with Crippen molar-refractivity contribution >= 4 is 5.96 Å². The lowest BCUT2D eigenvalue weighted by molar-refractivity contribution is 0.379. The van der Waals surface area contributed by atoms with E-state index in [0.717, 1.165) is 17.1 Å². The molecule has 1 aromatic carbocycles. The number of nitrogens with zero attached hydrogens (tertiary/aromatic N) is 4. The lowest BCUT2D eigenvalue weighted by Crippen LogP contribution is -2.36. The number of aliphatic imine (C=N–C) groups is 1. The molecule has 0 saturated carbocycles. The molecule has 0 spiro atoms. The highest BCUT2D eigenvalue weighted by Crippen LogP contribution is 2.22. The molecular weight excluding hydrogens is 340 g/mol. The van der Waals surface area contributed by atoms with E-state index in [-0.39, 0.29) is 5.41 Å². The zero-order valence-electron chi connectivity index (χ0n) is 16.2. The second kappa shape index (κ2) is 8.07. The van der Waals surface area contributed by atoms with Crippen LogP contribution in [0.2, 0.25) is 0 Å². The summed E-state index contributed by atoms with van der Waals surface area (Å²) in [7, 11) is 1.73. The fourth-order valence-electron chi connectivity index (χ4n) is 2.47. The molecule has 0 unspecified atom stereocenters. The molecule has 7 heteroatoms. The van der Waals surface area contributed by atoms with E-state index in [1.807, 2.05) is 47.3 Å². The summed E-state index contributed by atoms with van der Waals surface area (Å²) >= 11 is 0. The number of rotatable bonds is 5. The van der Waals surface area contributed by atoms with Gasteiger partial charge in [0.2, 0.25) is 5.89 Å². The van der Waals surface area contributed by atoms with Gasteiger partial charge in [0, 0.05) is 18.7 Å². The number of aromatic nitrogens is 3. The summed E-state index contributed by atoms with van der Waals surface area (Å²) < 4.78 is 7.64. The topological polar surface area (TPSA) is 80.3 Å². The average molecular weight is 366 g/mol. The van der Waals surface area contributed by atoms with Crippen molar-refractivity contribution in [1.82, 2.24) is 25.4 Å². The van der Waals surface area contributed by atoms with Gasteiger partial charge in [-0.1, -0.05) is 39.0 Å². The maximum Gasteiger partial charge on any atom is 0.213 e. The minimum Gasteiger partial charge on any atom is -0.443 e. The van der Waals surface area contributed by atoms with Crippen molar-refractivity contribution in [2.24, 2.45) is 4.99 Å². The lowest BCUT2D eigenvalue weighted by Gasteiger charge is -2.13. The molecule has 3 rings (SSSR count). The minimum absolute atomic E-state index is 0.0528. The summed E-state index contributed by atoms with van der Waals surface area (Å²) in [5.41, 5.74) is 1.90. The minimum atomic E-state index is -0.0528. The normalized spacial score (nSPS) is 12.2. The van der Waals surface area contributed by atoms with E-state index in [2.05, 4.69) is 46.5 Å². The molecule has 27 heavy (non-hydrogen) atoms. The summed E-state index contributed by atoms with van der Waals surface area (Å²) in [5, 5.41) is 11.0. The third-order valence-electron chi connectivity index (χ3n) is 4.03. The third kappa shape index (κ3) is 4.97. The molecule has 0 bridgehead atoms. The number of oxazole rings is 1. The summed E-state index contributed by atoms with van der Waals surface area (Å²) in [6.07, 6.45) is 3.73. The molecule has 0 saturated heterocycles. The number of benzene rings is 1. The van der Waals surface area contributed by atoms with E-state index < -0.39 is 0 Å². The van der Waals surface area contributed by atoms with Gasteiger partial charge < -0.3 is 15.1 Å². The first-order chi connectivity index (χ1) is 13.0. The number of para-hydroxylation sites is 1. The van der Waals surface area contributed by atoms with Crippen molar-refractivity contribution < 1.29 is 4.42 Å². The van der Waals surface area contributed by atoms with Crippen molar-refractivity contribution in [2.75, 3.05) is 7.05 Å². The lowest BCUT2D eigenvalue weighted by atomic mass is 9.94. The van der Waals surface area contributed by atoms with Crippen molar-refractivity contribution in [3.05, 3.63) is 66.1 Å². The van der Waals surface area contributed by atoms with E-state index in [0.29, 0.717) is 24.9 Å². The standard InChI is InChI=1S/C20H26N6O/c1-20(2,3)17-13-22-18(27-17)14-24-19(21-4)23-12-15-10-11-26(25-15)16-8-6-5-7-9-16/h5-11,13H,12,14H2,1-4H3,(H2,21,23,24). The Kier molecular flexibility index (Phi) is 5.59. The Bertz CT molecular complexity index is 889. The van der Waals surface area contributed by atoms with Gasteiger partial charge in [0.15, 0.2) is 5.96 Å². The predicted octanol–water partition coefficient (Wildman–Crippen LogP) is 3.02. The molecule has 0 aliphatic rings. The van der Waals surface area contributed by atoms with E-state index in [4.69, 9.17) is 4.42 Å². The van der Waals surface area contributed by atoms with Crippen LogP contribution in [0.25, 0.3) is 5.69 Å². The van der Waals surface area contributed by atoms with E-state index >= 15 is 0 Å². The van der Waals surface area contributed by atoms with E-state index in [1.54, 1.807) is 13.2 Å². The second-order valence-corrected chi connectivity index (χ2v) is 7.23. The molecule has 0 amide bonds. The van der Waals surface area contributed by atoms with Crippen LogP contribution in [0.5, 0.6) is 0 Å². The maximum absolute atomic E-state index is 5.79. The monoisotopic (exact) mass is 366 g/mol. The molecule has 7 nitrogen and oxygen atoms in total. The van der Waals surface area contributed by atoms with Crippen molar-refractivity contribution in [3.8, 4) is 5.69 Å². The average Bonchev–Trinajstić information content (AvgIpc) is 3.32. The van der Waals surface area contributed by atoms with Gasteiger partial charge in [-0.25, -0.2) is 9.67 Å². The molecule has 2 aromatic heterocycles. The first-order valence-corrected chi connectivity index (χ1v) is 8.95. The number of nitrogens with one attached hydrogen (secondary N) is 2. The Balaban J connectivity index is 1.52. The number of hydrogen-bond acceptors (Lipinski definition) is 4. The van der Waals surface area contributed by atoms with Gasteiger partial charge in [0.1, 0.15) is 5.76 Å². The molecule has 0 radical (unpaired) electrons.